The lowest BCUT2D eigenvalue weighted by Gasteiger charge is -2.35. The molecule has 9 heteroatoms. The van der Waals surface area contributed by atoms with Crippen molar-refractivity contribution in [2.24, 2.45) is 5.92 Å². The predicted octanol–water partition coefficient (Wildman–Crippen LogP) is 1.72. The van der Waals surface area contributed by atoms with E-state index in [0.29, 0.717) is 35.5 Å². The van der Waals surface area contributed by atoms with Crippen LogP contribution < -0.4 is 4.90 Å². The Morgan fingerprint density at radius 3 is 2.52 bits per heavy atom. The normalized spacial score (nSPS) is 24.7. The molecule has 0 aromatic carbocycles. The highest BCUT2D eigenvalue weighted by atomic mass is 32.1. The van der Waals surface area contributed by atoms with Crippen LogP contribution in [0.5, 0.6) is 0 Å². The van der Waals surface area contributed by atoms with E-state index in [1.165, 1.54) is 0 Å². The van der Waals surface area contributed by atoms with Crippen LogP contribution in [-0.4, -0.2) is 61.0 Å². The monoisotopic (exact) mass is 322 g/mol. The zero-order valence-electron chi connectivity index (χ0n) is 11.5. The highest BCUT2D eigenvalue weighted by Crippen LogP contribution is 2.34. The van der Waals surface area contributed by atoms with Gasteiger partial charge in [-0.1, -0.05) is 11.3 Å². The van der Waals surface area contributed by atoms with Gasteiger partial charge < -0.3 is 9.64 Å². The standard InChI is InChI=1S/C12H17F3N4OS/c13-12(14,15)10-16-17-11(21-10)19-4-2-18(3-5-19)7-9-1-6-20-8-9/h9H,1-8H2/t9-/m1/s1. The Morgan fingerprint density at radius 1 is 1.19 bits per heavy atom. The number of alkyl halides is 3. The number of nitrogens with zero attached hydrogens (tertiary/aromatic N) is 4. The summed E-state index contributed by atoms with van der Waals surface area (Å²) in [6, 6.07) is 0. The zero-order chi connectivity index (χ0) is 14.9. The lowest BCUT2D eigenvalue weighted by molar-refractivity contribution is -0.138. The maximum Gasteiger partial charge on any atom is 0.445 e. The number of rotatable bonds is 3. The number of anilines is 1. The summed E-state index contributed by atoms with van der Waals surface area (Å²) in [6.45, 7) is 5.76. The van der Waals surface area contributed by atoms with E-state index in [0.717, 1.165) is 39.3 Å². The molecule has 1 aromatic heterocycles. The van der Waals surface area contributed by atoms with Crippen molar-refractivity contribution >= 4 is 16.5 Å². The molecule has 0 amide bonds. The van der Waals surface area contributed by atoms with Crippen molar-refractivity contribution in [2.45, 2.75) is 12.6 Å². The largest absolute Gasteiger partial charge is 0.445 e. The highest BCUT2D eigenvalue weighted by molar-refractivity contribution is 7.15. The molecule has 21 heavy (non-hydrogen) atoms. The molecule has 0 bridgehead atoms. The van der Waals surface area contributed by atoms with E-state index >= 15 is 0 Å². The maximum absolute atomic E-state index is 12.5. The molecule has 2 saturated heterocycles. The summed E-state index contributed by atoms with van der Waals surface area (Å²) >= 11 is 0.621. The summed E-state index contributed by atoms with van der Waals surface area (Å²) in [5.74, 6) is 0.593. The van der Waals surface area contributed by atoms with Crippen molar-refractivity contribution in [3.05, 3.63) is 5.01 Å². The molecule has 2 aliphatic rings. The van der Waals surface area contributed by atoms with Gasteiger partial charge in [0, 0.05) is 39.3 Å². The Kier molecular flexibility index (Phi) is 4.32. The number of hydrogen-bond donors (Lipinski definition) is 0. The van der Waals surface area contributed by atoms with Gasteiger partial charge in [-0.2, -0.15) is 13.2 Å². The molecule has 118 valence electrons. The van der Waals surface area contributed by atoms with Gasteiger partial charge in [0.2, 0.25) is 10.1 Å². The van der Waals surface area contributed by atoms with Gasteiger partial charge in [-0.15, -0.1) is 10.2 Å². The molecule has 3 heterocycles. The van der Waals surface area contributed by atoms with Crippen LogP contribution in [0.3, 0.4) is 0 Å². The van der Waals surface area contributed by atoms with E-state index in [4.69, 9.17) is 4.74 Å². The smallest absolute Gasteiger partial charge is 0.381 e. The summed E-state index contributed by atoms with van der Waals surface area (Å²) < 4.78 is 42.9. The van der Waals surface area contributed by atoms with Crippen LogP contribution in [0.25, 0.3) is 0 Å². The van der Waals surface area contributed by atoms with Crippen molar-refractivity contribution in [3.8, 4) is 0 Å². The second kappa shape index (κ2) is 6.05. The summed E-state index contributed by atoms with van der Waals surface area (Å²) in [4.78, 5) is 4.23. The predicted molar refractivity (Wildman–Crippen MR) is 72.5 cm³/mol. The summed E-state index contributed by atoms with van der Waals surface area (Å²) in [7, 11) is 0. The molecule has 0 unspecified atom stereocenters. The van der Waals surface area contributed by atoms with Crippen LogP contribution in [0.2, 0.25) is 0 Å². The van der Waals surface area contributed by atoms with E-state index in [9.17, 15) is 13.2 Å². The molecule has 1 atom stereocenters. The van der Waals surface area contributed by atoms with Crippen molar-refractivity contribution in [2.75, 3.05) is 50.8 Å². The van der Waals surface area contributed by atoms with Gasteiger partial charge >= 0.3 is 6.18 Å². The molecule has 3 rings (SSSR count). The first-order valence-corrected chi connectivity index (χ1v) is 7.80. The number of hydrogen-bond acceptors (Lipinski definition) is 6. The number of ether oxygens (including phenoxy) is 1. The first kappa shape index (κ1) is 15.0. The molecule has 0 spiro atoms. The molecular formula is C12H17F3N4OS. The fourth-order valence-electron chi connectivity index (χ4n) is 2.67. The van der Waals surface area contributed by atoms with Crippen LogP contribution in [0.4, 0.5) is 18.3 Å². The Morgan fingerprint density at radius 2 is 1.95 bits per heavy atom. The third kappa shape index (κ3) is 3.64. The van der Waals surface area contributed by atoms with Gasteiger partial charge in [-0.05, 0) is 12.3 Å². The average Bonchev–Trinajstić information content (AvgIpc) is 3.09. The minimum atomic E-state index is -4.40. The Hall–Kier alpha value is -0.930. The van der Waals surface area contributed by atoms with E-state index < -0.39 is 11.2 Å². The van der Waals surface area contributed by atoms with Crippen LogP contribution in [0.1, 0.15) is 11.4 Å². The summed E-state index contributed by atoms with van der Waals surface area (Å²) in [5.41, 5.74) is 0. The molecule has 2 aliphatic heterocycles. The number of piperazine rings is 1. The van der Waals surface area contributed by atoms with Crippen LogP contribution >= 0.6 is 11.3 Å². The quantitative estimate of drug-likeness (QED) is 0.847. The Balaban J connectivity index is 1.52. The van der Waals surface area contributed by atoms with Crippen molar-refractivity contribution < 1.29 is 17.9 Å². The van der Waals surface area contributed by atoms with E-state index in [1.54, 1.807) is 0 Å². The number of halogens is 3. The fraction of sp³-hybridized carbons (Fsp3) is 0.833. The van der Waals surface area contributed by atoms with Crippen LogP contribution in [0.15, 0.2) is 0 Å². The number of aromatic nitrogens is 2. The third-order valence-corrected chi connectivity index (χ3v) is 4.87. The molecule has 5 nitrogen and oxygen atoms in total. The molecule has 0 N–H and O–H groups in total. The summed E-state index contributed by atoms with van der Waals surface area (Å²) in [5, 5.41) is 6.40. The zero-order valence-corrected chi connectivity index (χ0v) is 12.3. The van der Waals surface area contributed by atoms with Gasteiger partial charge in [-0.3, -0.25) is 4.90 Å². The molecular weight excluding hydrogens is 305 g/mol. The Labute approximate surface area is 124 Å². The second-order valence-corrected chi connectivity index (χ2v) is 6.36. The van der Waals surface area contributed by atoms with E-state index in [1.807, 2.05) is 4.90 Å². The average molecular weight is 322 g/mol. The van der Waals surface area contributed by atoms with Gasteiger partial charge in [0.15, 0.2) is 0 Å². The van der Waals surface area contributed by atoms with E-state index in [-0.39, 0.29) is 0 Å². The van der Waals surface area contributed by atoms with Crippen LogP contribution in [-0.2, 0) is 10.9 Å². The van der Waals surface area contributed by atoms with Gasteiger partial charge in [0.1, 0.15) is 0 Å². The second-order valence-electron chi connectivity index (χ2n) is 5.40. The van der Waals surface area contributed by atoms with Crippen molar-refractivity contribution in [3.63, 3.8) is 0 Å². The minimum absolute atomic E-state index is 0.367. The third-order valence-electron chi connectivity index (χ3n) is 3.84. The molecule has 1 aromatic rings. The molecule has 0 radical (unpaired) electrons. The topological polar surface area (TPSA) is 41.5 Å². The molecule has 0 saturated carbocycles. The lowest BCUT2D eigenvalue weighted by atomic mass is 10.1. The van der Waals surface area contributed by atoms with Crippen LogP contribution in [0, 0.1) is 5.92 Å². The van der Waals surface area contributed by atoms with Gasteiger partial charge in [-0.25, -0.2) is 0 Å². The maximum atomic E-state index is 12.5. The molecule has 2 fully saturated rings. The Bertz CT molecular complexity index is 467. The first-order chi connectivity index (χ1) is 10.0. The van der Waals surface area contributed by atoms with Gasteiger partial charge in [0.25, 0.3) is 0 Å². The van der Waals surface area contributed by atoms with Gasteiger partial charge in [0.05, 0.1) is 6.61 Å². The lowest BCUT2D eigenvalue weighted by Crippen LogP contribution is -2.47. The summed E-state index contributed by atoms with van der Waals surface area (Å²) in [6.07, 6.45) is -3.30. The van der Waals surface area contributed by atoms with E-state index in [2.05, 4.69) is 15.1 Å². The highest BCUT2D eigenvalue weighted by Gasteiger charge is 2.36. The minimum Gasteiger partial charge on any atom is -0.381 e. The molecule has 0 aliphatic carbocycles. The van der Waals surface area contributed by atoms with Crippen molar-refractivity contribution in [1.82, 2.24) is 15.1 Å². The first-order valence-electron chi connectivity index (χ1n) is 6.98. The SMILES string of the molecule is FC(F)(F)c1nnc(N2CCN(C[C@H]3CCOC3)CC2)s1. The van der Waals surface area contributed by atoms with Crippen molar-refractivity contribution in [1.29, 1.82) is 0 Å². The fourth-order valence-corrected chi connectivity index (χ4v) is 3.44.